The fourth-order valence-corrected chi connectivity index (χ4v) is 1.06. The summed E-state index contributed by atoms with van der Waals surface area (Å²) in [7, 11) is 0. The summed E-state index contributed by atoms with van der Waals surface area (Å²) >= 11 is 0. The van der Waals surface area contributed by atoms with Crippen LogP contribution >= 0.6 is 0 Å². The van der Waals surface area contributed by atoms with Crippen LogP contribution in [0.4, 0.5) is 0 Å². The van der Waals surface area contributed by atoms with Crippen molar-refractivity contribution in [3.05, 3.63) is 0 Å². The third-order valence-corrected chi connectivity index (χ3v) is 1.77. The number of unbranched alkanes of at least 4 members (excludes halogenated alkanes) is 3. The lowest BCUT2D eigenvalue weighted by Crippen LogP contribution is -2.11. The average Bonchev–Trinajstić information content (AvgIpc) is 2.11. The second-order valence-electron chi connectivity index (χ2n) is 2.99. The van der Waals surface area contributed by atoms with Crippen LogP contribution in [-0.2, 0) is 14.3 Å². The maximum absolute atomic E-state index is 10.8. The fourth-order valence-electron chi connectivity index (χ4n) is 1.06. The highest BCUT2D eigenvalue weighted by atomic mass is 16.5. The first-order valence-corrected chi connectivity index (χ1v) is 4.74. The molecule has 0 saturated heterocycles. The summed E-state index contributed by atoms with van der Waals surface area (Å²) in [6.45, 7) is -0.0716. The SMILES string of the molecule is NCOC(=O)CCCCCCC(=O)O. The van der Waals surface area contributed by atoms with Crippen LogP contribution < -0.4 is 5.73 Å². The average molecular weight is 203 g/mol. The van der Waals surface area contributed by atoms with Gasteiger partial charge in [-0.05, 0) is 12.8 Å². The molecular weight excluding hydrogens is 186 g/mol. The Hall–Kier alpha value is -1.10. The van der Waals surface area contributed by atoms with E-state index in [1.54, 1.807) is 0 Å². The minimum absolute atomic E-state index is 0.0716. The van der Waals surface area contributed by atoms with Crippen LogP contribution in [0.2, 0.25) is 0 Å². The van der Waals surface area contributed by atoms with Crippen LogP contribution in [0.1, 0.15) is 38.5 Å². The van der Waals surface area contributed by atoms with E-state index in [1.165, 1.54) is 0 Å². The number of carboxylic acid groups (broad SMARTS) is 1. The normalized spacial score (nSPS) is 9.79. The van der Waals surface area contributed by atoms with Gasteiger partial charge in [-0.3, -0.25) is 15.3 Å². The summed E-state index contributed by atoms with van der Waals surface area (Å²) in [5, 5.41) is 8.34. The van der Waals surface area contributed by atoms with Gasteiger partial charge < -0.3 is 9.84 Å². The molecule has 0 rings (SSSR count). The number of aliphatic carboxylic acids is 1. The number of nitrogens with two attached hydrogens (primary N) is 1. The van der Waals surface area contributed by atoms with Crippen LogP contribution in [-0.4, -0.2) is 23.8 Å². The minimum Gasteiger partial charge on any atom is -0.481 e. The lowest BCUT2D eigenvalue weighted by atomic mass is 10.1. The molecule has 0 aromatic carbocycles. The Bertz CT molecular complexity index is 182. The number of rotatable bonds is 8. The molecule has 14 heavy (non-hydrogen) atoms. The molecule has 0 aromatic heterocycles. The third-order valence-electron chi connectivity index (χ3n) is 1.77. The Balaban J connectivity index is 3.13. The first-order chi connectivity index (χ1) is 6.66. The van der Waals surface area contributed by atoms with E-state index in [2.05, 4.69) is 4.74 Å². The zero-order valence-corrected chi connectivity index (χ0v) is 8.20. The molecule has 0 atom stereocenters. The maximum atomic E-state index is 10.8. The van der Waals surface area contributed by atoms with Gasteiger partial charge in [-0.25, -0.2) is 0 Å². The Labute approximate surface area is 83.2 Å². The molecule has 0 aliphatic carbocycles. The van der Waals surface area contributed by atoms with E-state index < -0.39 is 5.97 Å². The van der Waals surface area contributed by atoms with Crippen molar-refractivity contribution in [2.24, 2.45) is 5.73 Å². The highest BCUT2D eigenvalue weighted by Crippen LogP contribution is 2.05. The summed E-state index contributed by atoms with van der Waals surface area (Å²) in [5.74, 6) is -1.06. The van der Waals surface area contributed by atoms with E-state index in [9.17, 15) is 9.59 Å². The molecule has 0 radical (unpaired) electrons. The second kappa shape index (κ2) is 8.50. The van der Waals surface area contributed by atoms with Gasteiger partial charge in [0.25, 0.3) is 0 Å². The maximum Gasteiger partial charge on any atom is 0.307 e. The topological polar surface area (TPSA) is 89.6 Å². The zero-order valence-electron chi connectivity index (χ0n) is 8.20. The Morgan fingerprint density at radius 1 is 1.07 bits per heavy atom. The first-order valence-electron chi connectivity index (χ1n) is 4.74. The highest BCUT2D eigenvalue weighted by molar-refractivity contribution is 5.69. The number of carboxylic acids is 1. The number of hydrogen-bond donors (Lipinski definition) is 2. The van der Waals surface area contributed by atoms with E-state index in [4.69, 9.17) is 10.8 Å². The van der Waals surface area contributed by atoms with Crippen molar-refractivity contribution >= 4 is 11.9 Å². The minimum atomic E-state index is -0.771. The van der Waals surface area contributed by atoms with Crippen LogP contribution in [0.3, 0.4) is 0 Å². The molecule has 0 aromatic rings. The largest absolute Gasteiger partial charge is 0.481 e. The molecular formula is C9H17NO4. The van der Waals surface area contributed by atoms with Gasteiger partial charge in [-0.1, -0.05) is 12.8 Å². The molecule has 0 amide bonds. The fraction of sp³-hybridized carbons (Fsp3) is 0.778. The molecule has 0 unspecified atom stereocenters. The van der Waals surface area contributed by atoms with Crippen molar-refractivity contribution in [3.63, 3.8) is 0 Å². The summed E-state index contributed by atoms with van der Waals surface area (Å²) in [4.78, 5) is 20.9. The van der Waals surface area contributed by atoms with Gasteiger partial charge in [0.05, 0.1) is 0 Å². The van der Waals surface area contributed by atoms with Gasteiger partial charge >= 0.3 is 11.9 Å². The quantitative estimate of drug-likeness (QED) is 0.347. The van der Waals surface area contributed by atoms with Gasteiger partial charge in [0.15, 0.2) is 0 Å². The van der Waals surface area contributed by atoms with Crippen molar-refractivity contribution < 1.29 is 19.4 Å². The third kappa shape index (κ3) is 8.99. The summed E-state index contributed by atoms with van der Waals surface area (Å²) in [6, 6.07) is 0. The van der Waals surface area contributed by atoms with E-state index in [-0.39, 0.29) is 19.1 Å². The molecule has 0 fully saturated rings. The number of esters is 1. The smallest absolute Gasteiger partial charge is 0.307 e. The van der Waals surface area contributed by atoms with Gasteiger partial charge in [0, 0.05) is 12.8 Å². The number of carbonyl (C=O) groups excluding carboxylic acids is 1. The first kappa shape index (κ1) is 12.9. The molecule has 0 heterocycles. The standard InChI is InChI=1S/C9H17NO4/c10-7-14-9(13)6-4-2-1-3-5-8(11)12/h1-7,10H2,(H,11,12). The monoisotopic (exact) mass is 203 g/mol. The summed E-state index contributed by atoms with van der Waals surface area (Å²) in [5.41, 5.74) is 5.01. The Morgan fingerprint density at radius 3 is 2.14 bits per heavy atom. The molecule has 0 aliphatic rings. The van der Waals surface area contributed by atoms with Crippen molar-refractivity contribution in [1.82, 2.24) is 0 Å². The van der Waals surface area contributed by atoms with Crippen LogP contribution in [0.15, 0.2) is 0 Å². The van der Waals surface area contributed by atoms with Crippen LogP contribution in [0.5, 0.6) is 0 Å². The van der Waals surface area contributed by atoms with Crippen molar-refractivity contribution in [2.75, 3.05) is 6.73 Å². The Morgan fingerprint density at radius 2 is 1.64 bits per heavy atom. The van der Waals surface area contributed by atoms with E-state index in [1.807, 2.05) is 0 Å². The zero-order chi connectivity index (χ0) is 10.8. The second-order valence-corrected chi connectivity index (χ2v) is 2.99. The van der Waals surface area contributed by atoms with E-state index in [0.717, 1.165) is 19.3 Å². The molecule has 5 heteroatoms. The molecule has 3 N–H and O–H groups in total. The highest BCUT2D eigenvalue weighted by Gasteiger charge is 2.01. The molecule has 0 aliphatic heterocycles. The van der Waals surface area contributed by atoms with Crippen molar-refractivity contribution in [1.29, 1.82) is 0 Å². The van der Waals surface area contributed by atoms with Crippen molar-refractivity contribution in [2.45, 2.75) is 38.5 Å². The predicted octanol–water partition coefficient (Wildman–Crippen LogP) is 0.871. The van der Waals surface area contributed by atoms with Gasteiger partial charge in [-0.2, -0.15) is 0 Å². The molecule has 0 spiro atoms. The van der Waals surface area contributed by atoms with Crippen LogP contribution in [0, 0.1) is 0 Å². The molecule has 5 nitrogen and oxygen atoms in total. The van der Waals surface area contributed by atoms with E-state index in [0.29, 0.717) is 12.8 Å². The van der Waals surface area contributed by atoms with Gasteiger partial charge in [-0.15, -0.1) is 0 Å². The number of carbonyl (C=O) groups is 2. The van der Waals surface area contributed by atoms with Gasteiger partial charge in [0.1, 0.15) is 6.73 Å². The lowest BCUT2D eigenvalue weighted by Gasteiger charge is -2.00. The lowest BCUT2D eigenvalue weighted by molar-refractivity contribution is -0.143. The predicted molar refractivity (Wildman–Crippen MR) is 50.5 cm³/mol. The summed E-state index contributed by atoms with van der Waals surface area (Å²) in [6.07, 6.45) is 3.66. The van der Waals surface area contributed by atoms with Gasteiger partial charge in [0.2, 0.25) is 0 Å². The molecule has 82 valence electrons. The van der Waals surface area contributed by atoms with Crippen molar-refractivity contribution in [3.8, 4) is 0 Å². The summed E-state index contributed by atoms with van der Waals surface area (Å²) < 4.78 is 4.53. The van der Waals surface area contributed by atoms with Crippen LogP contribution in [0.25, 0.3) is 0 Å². The Kier molecular flexibility index (Phi) is 7.83. The van der Waals surface area contributed by atoms with E-state index >= 15 is 0 Å². The number of hydrogen-bond acceptors (Lipinski definition) is 4. The molecule has 0 bridgehead atoms. The number of ether oxygens (including phenoxy) is 1. The molecule has 0 saturated carbocycles.